The smallest absolute Gasteiger partial charge is 0.341 e. The number of carbonyl (C=O) groups excluding carboxylic acids is 1. The third-order valence-corrected chi connectivity index (χ3v) is 4.18. The van der Waals surface area contributed by atoms with Gasteiger partial charge in [0.15, 0.2) is 6.61 Å². The highest BCUT2D eigenvalue weighted by Gasteiger charge is 2.22. The predicted molar refractivity (Wildman–Crippen MR) is 89.1 cm³/mol. The number of fused-ring (bicyclic) bond motifs is 1. The number of halogens is 1. The molecule has 130 valence electrons. The summed E-state index contributed by atoms with van der Waals surface area (Å²) in [5, 5.41) is 11.6. The van der Waals surface area contributed by atoms with Gasteiger partial charge in [-0.1, -0.05) is 12.1 Å². The van der Waals surface area contributed by atoms with Crippen LogP contribution < -0.4 is 10.1 Å². The summed E-state index contributed by atoms with van der Waals surface area (Å²) < 4.78 is 18.5. The van der Waals surface area contributed by atoms with Crippen LogP contribution in [-0.2, 0) is 11.2 Å². The first kappa shape index (κ1) is 17.0. The van der Waals surface area contributed by atoms with E-state index < -0.39 is 12.6 Å². The Morgan fingerprint density at radius 2 is 2.08 bits per heavy atom. The molecule has 1 unspecified atom stereocenters. The number of amides is 1. The number of carboxylic acid groups (broad SMARTS) is 1. The van der Waals surface area contributed by atoms with Gasteiger partial charge in [0.2, 0.25) is 0 Å². The first-order valence-corrected chi connectivity index (χ1v) is 8.07. The summed E-state index contributed by atoms with van der Waals surface area (Å²) in [5.74, 6) is -1.31. The molecule has 2 aromatic carbocycles. The van der Waals surface area contributed by atoms with E-state index in [-0.39, 0.29) is 17.8 Å². The summed E-state index contributed by atoms with van der Waals surface area (Å²) in [6.45, 7) is -0.466. The van der Waals surface area contributed by atoms with Crippen LogP contribution in [0, 0.1) is 5.82 Å². The monoisotopic (exact) mass is 343 g/mol. The molecule has 25 heavy (non-hydrogen) atoms. The fraction of sp³-hybridized carbons (Fsp3) is 0.263. The van der Waals surface area contributed by atoms with Gasteiger partial charge in [-0.2, -0.15) is 0 Å². The number of nitrogens with one attached hydrogen (secondary N) is 1. The minimum atomic E-state index is -1.08. The van der Waals surface area contributed by atoms with Crippen LogP contribution in [0.3, 0.4) is 0 Å². The molecule has 0 heterocycles. The van der Waals surface area contributed by atoms with Gasteiger partial charge in [-0.25, -0.2) is 9.18 Å². The maximum atomic E-state index is 13.4. The van der Waals surface area contributed by atoms with Gasteiger partial charge >= 0.3 is 5.97 Å². The number of aliphatic carboxylic acids is 1. The summed E-state index contributed by atoms with van der Waals surface area (Å²) in [6.07, 6.45) is 2.47. The Morgan fingerprint density at radius 1 is 1.24 bits per heavy atom. The third kappa shape index (κ3) is 4.15. The Morgan fingerprint density at radius 3 is 2.88 bits per heavy atom. The van der Waals surface area contributed by atoms with Crippen LogP contribution in [-0.4, -0.2) is 23.6 Å². The zero-order valence-electron chi connectivity index (χ0n) is 13.5. The largest absolute Gasteiger partial charge is 0.482 e. The molecule has 0 bridgehead atoms. The topological polar surface area (TPSA) is 75.6 Å². The molecule has 0 spiro atoms. The first-order valence-electron chi connectivity index (χ1n) is 8.07. The molecule has 0 fully saturated rings. The molecule has 1 aliphatic carbocycles. The fourth-order valence-electron chi connectivity index (χ4n) is 3.05. The number of rotatable bonds is 5. The number of benzene rings is 2. The number of hydrogen-bond donors (Lipinski definition) is 2. The first-order chi connectivity index (χ1) is 12.0. The molecule has 0 aliphatic heterocycles. The molecule has 1 aliphatic rings. The van der Waals surface area contributed by atoms with E-state index in [1.54, 1.807) is 24.3 Å². The quantitative estimate of drug-likeness (QED) is 0.875. The average molecular weight is 343 g/mol. The molecule has 0 saturated carbocycles. The van der Waals surface area contributed by atoms with Crippen molar-refractivity contribution in [2.75, 3.05) is 6.61 Å². The normalized spacial score (nSPS) is 16.0. The molecule has 3 rings (SSSR count). The minimum Gasteiger partial charge on any atom is -0.482 e. The second-order valence-electron chi connectivity index (χ2n) is 5.97. The summed E-state index contributed by atoms with van der Waals surface area (Å²) in [4.78, 5) is 23.1. The van der Waals surface area contributed by atoms with Gasteiger partial charge in [0.25, 0.3) is 5.91 Å². The lowest BCUT2D eigenvalue weighted by atomic mass is 9.87. The molecule has 2 aromatic rings. The zero-order chi connectivity index (χ0) is 17.8. The van der Waals surface area contributed by atoms with Crippen molar-refractivity contribution in [2.45, 2.75) is 25.3 Å². The van der Waals surface area contributed by atoms with Gasteiger partial charge in [0.05, 0.1) is 6.04 Å². The predicted octanol–water partition coefficient (Wildman–Crippen LogP) is 3.10. The lowest BCUT2D eigenvalue weighted by Gasteiger charge is -2.26. The van der Waals surface area contributed by atoms with Crippen LogP contribution in [0.25, 0.3) is 0 Å². The highest BCUT2D eigenvalue weighted by atomic mass is 19.1. The molecular formula is C19H18FNO4. The second-order valence-corrected chi connectivity index (χ2v) is 5.97. The summed E-state index contributed by atoms with van der Waals surface area (Å²) in [6, 6.07) is 10.9. The Hall–Kier alpha value is -2.89. The Balaban J connectivity index is 1.73. The molecule has 1 amide bonds. The summed E-state index contributed by atoms with van der Waals surface area (Å²) >= 11 is 0. The standard InChI is InChI=1S/C19H18FNO4/c20-14-7-8-16-12(9-14)3-2-6-17(16)21-19(24)13-4-1-5-15(10-13)25-11-18(22)23/h1,4-5,7-10,17H,2-3,6,11H2,(H,21,24)(H,22,23). The Labute approximate surface area is 144 Å². The average Bonchev–Trinajstić information content (AvgIpc) is 2.60. The summed E-state index contributed by atoms with van der Waals surface area (Å²) in [7, 11) is 0. The van der Waals surface area contributed by atoms with Crippen molar-refractivity contribution in [3.8, 4) is 5.75 Å². The van der Waals surface area contributed by atoms with E-state index in [9.17, 15) is 14.0 Å². The van der Waals surface area contributed by atoms with Crippen molar-refractivity contribution in [1.29, 1.82) is 0 Å². The van der Waals surface area contributed by atoms with Crippen molar-refractivity contribution < 1.29 is 23.8 Å². The van der Waals surface area contributed by atoms with Crippen molar-refractivity contribution in [1.82, 2.24) is 5.32 Å². The highest BCUT2D eigenvalue weighted by molar-refractivity contribution is 5.94. The molecule has 1 atom stereocenters. The molecule has 0 aromatic heterocycles. The van der Waals surface area contributed by atoms with E-state index in [0.717, 1.165) is 30.4 Å². The molecule has 6 heteroatoms. The van der Waals surface area contributed by atoms with Crippen molar-refractivity contribution >= 4 is 11.9 Å². The maximum Gasteiger partial charge on any atom is 0.341 e. The van der Waals surface area contributed by atoms with Crippen molar-refractivity contribution in [2.24, 2.45) is 0 Å². The van der Waals surface area contributed by atoms with E-state index >= 15 is 0 Å². The van der Waals surface area contributed by atoms with E-state index in [1.807, 2.05) is 0 Å². The molecule has 0 radical (unpaired) electrons. The van der Waals surface area contributed by atoms with E-state index in [2.05, 4.69) is 5.32 Å². The Kier molecular flexibility index (Phi) is 4.97. The zero-order valence-corrected chi connectivity index (χ0v) is 13.5. The lowest BCUT2D eigenvalue weighted by molar-refractivity contribution is -0.139. The third-order valence-electron chi connectivity index (χ3n) is 4.18. The highest BCUT2D eigenvalue weighted by Crippen LogP contribution is 2.30. The van der Waals surface area contributed by atoms with Gasteiger partial charge in [0, 0.05) is 5.56 Å². The summed E-state index contributed by atoms with van der Waals surface area (Å²) in [5.41, 5.74) is 2.26. The van der Waals surface area contributed by atoms with Gasteiger partial charge in [0.1, 0.15) is 11.6 Å². The number of carbonyl (C=O) groups is 2. The van der Waals surface area contributed by atoms with Crippen LogP contribution in [0.4, 0.5) is 4.39 Å². The number of carboxylic acids is 1. The second kappa shape index (κ2) is 7.34. The van der Waals surface area contributed by atoms with Crippen molar-refractivity contribution in [3.05, 3.63) is 65.0 Å². The number of hydrogen-bond acceptors (Lipinski definition) is 3. The number of aryl methyl sites for hydroxylation is 1. The van der Waals surface area contributed by atoms with E-state index in [0.29, 0.717) is 11.3 Å². The molecule has 0 saturated heterocycles. The van der Waals surface area contributed by atoms with Crippen LogP contribution >= 0.6 is 0 Å². The molecule has 2 N–H and O–H groups in total. The Bertz CT molecular complexity index is 806. The maximum absolute atomic E-state index is 13.4. The molecule has 5 nitrogen and oxygen atoms in total. The number of ether oxygens (including phenoxy) is 1. The van der Waals surface area contributed by atoms with Crippen LogP contribution in [0.15, 0.2) is 42.5 Å². The van der Waals surface area contributed by atoms with Gasteiger partial charge in [-0.05, 0) is 60.7 Å². The fourth-order valence-corrected chi connectivity index (χ4v) is 3.05. The SMILES string of the molecule is O=C(O)COc1cccc(C(=O)NC2CCCc3cc(F)ccc32)c1. The van der Waals surface area contributed by atoms with Crippen LogP contribution in [0.1, 0.15) is 40.4 Å². The van der Waals surface area contributed by atoms with E-state index in [4.69, 9.17) is 9.84 Å². The van der Waals surface area contributed by atoms with Gasteiger partial charge in [-0.3, -0.25) is 4.79 Å². The lowest BCUT2D eigenvalue weighted by Crippen LogP contribution is -2.31. The van der Waals surface area contributed by atoms with Gasteiger partial charge in [-0.15, -0.1) is 0 Å². The van der Waals surface area contributed by atoms with Crippen LogP contribution in [0.5, 0.6) is 5.75 Å². The minimum absolute atomic E-state index is 0.166. The molecular weight excluding hydrogens is 325 g/mol. The van der Waals surface area contributed by atoms with E-state index in [1.165, 1.54) is 18.2 Å². The van der Waals surface area contributed by atoms with Crippen molar-refractivity contribution in [3.63, 3.8) is 0 Å². The van der Waals surface area contributed by atoms with Gasteiger partial charge < -0.3 is 15.2 Å². The van der Waals surface area contributed by atoms with Crippen LogP contribution in [0.2, 0.25) is 0 Å².